The lowest BCUT2D eigenvalue weighted by molar-refractivity contribution is 0.509. The van der Waals surface area contributed by atoms with Crippen LogP contribution in [-0.4, -0.2) is 0 Å². The van der Waals surface area contributed by atoms with E-state index in [4.69, 9.17) is 5.73 Å². The molecule has 0 aliphatic carbocycles. The zero-order valence-corrected chi connectivity index (χ0v) is 29.8. The van der Waals surface area contributed by atoms with Crippen LogP contribution >= 0.6 is 0 Å². The second kappa shape index (κ2) is 13.4. The van der Waals surface area contributed by atoms with Gasteiger partial charge in [-0.25, -0.2) is 0 Å². The van der Waals surface area contributed by atoms with Crippen molar-refractivity contribution in [1.82, 2.24) is 5.32 Å². The molecule has 2 heteroatoms. The number of hydrogen-bond donors (Lipinski definition) is 2. The molecule has 0 saturated carbocycles. The van der Waals surface area contributed by atoms with Crippen LogP contribution in [0.3, 0.4) is 0 Å². The quantitative estimate of drug-likeness (QED) is 0.0992. The van der Waals surface area contributed by atoms with E-state index in [0.29, 0.717) is 0 Å². The first-order chi connectivity index (χ1) is 26.7. The van der Waals surface area contributed by atoms with Gasteiger partial charge in [-0.2, -0.15) is 0 Å². The van der Waals surface area contributed by atoms with Crippen molar-refractivity contribution >= 4 is 70.7 Å². The largest absolute Gasteiger partial charge is 0.312 e. The highest BCUT2D eigenvalue weighted by Crippen LogP contribution is 2.38. The third-order valence-electron chi connectivity index (χ3n) is 11.1. The van der Waals surface area contributed by atoms with Gasteiger partial charge >= 0.3 is 0 Å². The maximum Gasteiger partial charge on any atom is 0.0817 e. The van der Waals surface area contributed by atoms with Crippen molar-refractivity contribution < 1.29 is 0 Å². The van der Waals surface area contributed by atoms with Crippen molar-refractivity contribution in [2.75, 3.05) is 0 Å². The van der Waals surface area contributed by atoms with Gasteiger partial charge in [0.25, 0.3) is 0 Å². The van der Waals surface area contributed by atoms with Gasteiger partial charge in [-0.1, -0.05) is 188 Å². The average Bonchev–Trinajstić information content (AvgIpc) is 3.25. The first-order valence-electron chi connectivity index (χ1n) is 18.7. The summed E-state index contributed by atoms with van der Waals surface area (Å²) < 4.78 is 0. The zero-order chi connectivity index (χ0) is 36.0. The van der Waals surface area contributed by atoms with Crippen molar-refractivity contribution in [2.24, 2.45) is 5.73 Å². The first kappa shape index (κ1) is 32.1. The molecule has 0 saturated heterocycles. The molecule has 54 heavy (non-hydrogen) atoms. The lowest BCUT2D eigenvalue weighted by atomic mass is 9.91. The number of fused-ring (bicyclic) bond motifs is 10. The highest BCUT2D eigenvalue weighted by molar-refractivity contribution is 6.25. The van der Waals surface area contributed by atoms with Crippen LogP contribution in [-0.2, 0) is 0 Å². The number of nitrogens with two attached hydrogens (primary N) is 1. The van der Waals surface area contributed by atoms with Gasteiger partial charge in [-0.05, 0) is 105 Å². The molecule has 0 spiro atoms. The third kappa shape index (κ3) is 5.61. The molecule has 0 amide bonds. The second-order valence-corrected chi connectivity index (χ2v) is 14.3. The topological polar surface area (TPSA) is 38.0 Å². The third-order valence-corrected chi connectivity index (χ3v) is 11.1. The van der Waals surface area contributed by atoms with Gasteiger partial charge in [0.15, 0.2) is 0 Å². The number of hydrogen-bond acceptors (Lipinski definition) is 2. The summed E-state index contributed by atoms with van der Waals surface area (Å²) in [4.78, 5) is 0. The van der Waals surface area contributed by atoms with Crippen LogP contribution in [0, 0.1) is 0 Å². The fraction of sp³-hybridized carbons (Fsp3) is 0.0385. The zero-order valence-electron chi connectivity index (χ0n) is 29.8. The smallest absolute Gasteiger partial charge is 0.0817 e. The van der Waals surface area contributed by atoms with Crippen LogP contribution in [0.1, 0.15) is 28.9 Å². The van der Waals surface area contributed by atoms with Crippen LogP contribution in [0.5, 0.6) is 0 Å². The molecular weight excluding hydrogens is 653 g/mol. The summed E-state index contributed by atoms with van der Waals surface area (Å²) in [7, 11) is 0. The van der Waals surface area contributed by atoms with Gasteiger partial charge < -0.3 is 5.73 Å². The minimum atomic E-state index is -0.401. The Kier molecular flexibility index (Phi) is 7.99. The summed E-state index contributed by atoms with van der Waals surface area (Å²) in [5.74, 6) is 0. The van der Waals surface area contributed by atoms with Crippen molar-refractivity contribution in [3.8, 4) is 11.1 Å². The molecule has 0 bridgehead atoms. The fourth-order valence-electron chi connectivity index (χ4n) is 8.41. The molecule has 0 fully saturated rings. The number of benzene rings is 10. The van der Waals surface area contributed by atoms with E-state index in [1.54, 1.807) is 0 Å². The number of nitrogens with one attached hydrogen (secondary N) is 1. The van der Waals surface area contributed by atoms with Gasteiger partial charge in [-0.3, -0.25) is 5.32 Å². The van der Waals surface area contributed by atoms with Gasteiger partial charge in [0, 0.05) is 0 Å². The van der Waals surface area contributed by atoms with E-state index in [9.17, 15) is 0 Å². The van der Waals surface area contributed by atoms with Crippen molar-refractivity contribution in [2.45, 2.75) is 12.2 Å². The van der Waals surface area contributed by atoms with Gasteiger partial charge in [-0.15, -0.1) is 0 Å². The van der Waals surface area contributed by atoms with E-state index in [-0.39, 0.29) is 6.04 Å². The molecule has 2 nitrogen and oxygen atoms in total. The Morgan fingerprint density at radius 2 is 0.870 bits per heavy atom. The Hall–Kier alpha value is -6.58. The normalized spacial score (nSPS) is 13.1. The molecule has 0 aliphatic rings. The Balaban J connectivity index is 1.13. The highest BCUT2D eigenvalue weighted by atomic mass is 15.0. The van der Waals surface area contributed by atoms with E-state index in [2.05, 4.69) is 199 Å². The fourth-order valence-corrected chi connectivity index (χ4v) is 8.41. The molecule has 2 atom stereocenters. The Labute approximate surface area is 314 Å². The van der Waals surface area contributed by atoms with E-state index < -0.39 is 6.17 Å². The molecule has 10 rings (SSSR count). The molecule has 10 aromatic rings. The molecule has 0 heterocycles. The molecule has 0 aromatic heterocycles. The second-order valence-electron chi connectivity index (χ2n) is 14.3. The maximum absolute atomic E-state index is 7.07. The Morgan fingerprint density at radius 1 is 0.370 bits per heavy atom. The highest BCUT2D eigenvalue weighted by Gasteiger charge is 2.17. The van der Waals surface area contributed by atoms with Gasteiger partial charge in [0.05, 0.1) is 12.2 Å². The van der Waals surface area contributed by atoms with Crippen LogP contribution < -0.4 is 11.1 Å². The van der Waals surface area contributed by atoms with Gasteiger partial charge in [0.1, 0.15) is 0 Å². The molecule has 2 unspecified atom stereocenters. The Bertz CT molecular complexity index is 3000. The van der Waals surface area contributed by atoms with Crippen LogP contribution in [0.2, 0.25) is 0 Å². The van der Waals surface area contributed by atoms with Crippen LogP contribution in [0.25, 0.3) is 81.8 Å². The predicted octanol–water partition coefficient (Wildman–Crippen LogP) is 13.3. The summed E-state index contributed by atoms with van der Waals surface area (Å²) in [5.41, 5.74) is 12.8. The van der Waals surface area contributed by atoms with E-state index >= 15 is 0 Å². The van der Waals surface area contributed by atoms with Crippen LogP contribution in [0.15, 0.2) is 194 Å². The summed E-state index contributed by atoms with van der Waals surface area (Å²) in [5, 5.41) is 18.9. The molecule has 10 aromatic carbocycles. The molecule has 3 N–H and O–H groups in total. The standard InChI is InChI=1S/C52H38N2/c53-52(37-24-22-35(23-25-37)34-12-2-1-3-13-34)54-51(39-27-29-47-44-20-9-8-18-42(44)43-19-10-11-21-45(43)50(47)33-39)31-30-46-41-17-7-5-15-38(41)32-49-40-16-6-4-14-36(40)26-28-48(46)49/h1-33,51-52,54H,53H2/b31-30+. The summed E-state index contributed by atoms with van der Waals surface area (Å²) in [6.07, 6.45) is 4.21. The summed E-state index contributed by atoms with van der Waals surface area (Å²) >= 11 is 0. The first-order valence-corrected chi connectivity index (χ1v) is 18.7. The average molecular weight is 691 g/mol. The predicted molar refractivity (Wildman–Crippen MR) is 232 cm³/mol. The lowest BCUT2D eigenvalue weighted by Crippen LogP contribution is -2.31. The van der Waals surface area contributed by atoms with Crippen LogP contribution in [0.4, 0.5) is 0 Å². The van der Waals surface area contributed by atoms with Crippen molar-refractivity contribution in [3.63, 3.8) is 0 Å². The summed E-state index contributed by atoms with van der Waals surface area (Å²) in [6, 6.07) is 67.6. The van der Waals surface area contributed by atoms with Crippen molar-refractivity contribution in [1.29, 1.82) is 0 Å². The Morgan fingerprint density at radius 3 is 1.57 bits per heavy atom. The molecular formula is C52H38N2. The van der Waals surface area contributed by atoms with E-state index in [1.807, 2.05) is 6.07 Å². The maximum atomic E-state index is 7.07. The molecule has 0 aliphatic heterocycles. The van der Waals surface area contributed by atoms with E-state index in [0.717, 1.165) is 11.1 Å². The minimum Gasteiger partial charge on any atom is -0.312 e. The molecule has 0 radical (unpaired) electrons. The monoisotopic (exact) mass is 690 g/mol. The number of rotatable bonds is 7. The minimum absolute atomic E-state index is 0.182. The SMILES string of the molecule is NC(NC(/C=C/c1c2ccccc2cc2c1ccc1ccccc12)c1ccc2c3ccccc3c3ccccc3c2c1)c1ccc(-c2ccccc2)cc1. The van der Waals surface area contributed by atoms with Crippen molar-refractivity contribution in [3.05, 3.63) is 211 Å². The lowest BCUT2D eigenvalue weighted by Gasteiger charge is -2.23. The van der Waals surface area contributed by atoms with Gasteiger partial charge in [0.2, 0.25) is 0 Å². The summed E-state index contributed by atoms with van der Waals surface area (Å²) in [6.45, 7) is 0. The molecule has 256 valence electrons. The van der Waals surface area contributed by atoms with E-state index in [1.165, 1.54) is 81.3 Å².